The maximum atomic E-state index is 6.29. The smallest absolute Gasteiger partial charge is 0.155 e. The molecular formula is C16H22N4. The molecule has 0 amide bonds. The van der Waals surface area contributed by atoms with E-state index in [4.69, 9.17) is 5.73 Å². The van der Waals surface area contributed by atoms with E-state index >= 15 is 0 Å². The van der Waals surface area contributed by atoms with Gasteiger partial charge in [-0.2, -0.15) is 5.10 Å². The number of benzene rings is 1. The summed E-state index contributed by atoms with van der Waals surface area (Å²) in [7, 11) is 0. The van der Waals surface area contributed by atoms with E-state index in [1.807, 2.05) is 11.6 Å². The van der Waals surface area contributed by atoms with Gasteiger partial charge in [-0.1, -0.05) is 25.1 Å². The molecule has 20 heavy (non-hydrogen) atoms. The van der Waals surface area contributed by atoms with Gasteiger partial charge < -0.3 is 10.6 Å². The lowest BCUT2D eigenvalue weighted by Crippen LogP contribution is -2.32. The second-order valence-electron chi connectivity index (χ2n) is 5.69. The van der Waals surface area contributed by atoms with Crippen LogP contribution in [0.5, 0.6) is 0 Å². The number of nitrogen functional groups attached to an aromatic ring is 1. The van der Waals surface area contributed by atoms with E-state index < -0.39 is 0 Å². The second kappa shape index (κ2) is 4.85. The summed E-state index contributed by atoms with van der Waals surface area (Å²) >= 11 is 0. The molecule has 4 nitrogen and oxygen atoms in total. The van der Waals surface area contributed by atoms with E-state index in [1.165, 1.54) is 11.3 Å². The predicted octanol–water partition coefficient (Wildman–Crippen LogP) is 3.12. The Morgan fingerprint density at radius 3 is 2.85 bits per heavy atom. The summed E-state index contributed by atoms with van der Waals surface area (Å²) in [5.74, 6) is 1.66. The van der Waals surface area contributed by atoms with Crippen molar-refractivity contribution in [2.24, 2.45) is 5.92 Å². The fourth-order valence-corrected chi connectivity index (χ4v) is 3.09. The third kappa shape index (κ3) is 1.96. The van der Waals surface area contributed by atoms with Gasteiger partial charge in [-0.15, -0.1) is 0 Å². The summed E-state index contributed by atoms with van der Waals surface area (Å²) in [4.78, 5) is 2.34. The van der Waals surface area contributed by atoms with Crippen LogP contribution in [-0.2, 0) is 13.0 Å². The fourth-order valence-electron chi connectivity index (χ4n) is 3.09. The number of fused-ring (bicyclic) bond motifs is 1. The topological polar surface area (TPSA) is 47.1 Å². The Labute approximate surface area is 120 Å². The zero-order chi connectivity index (χ0) is 14.3. The van der Waals surface area contributed by atoms with Crippen LogP contribution in [0.2, 0.25) is 0 Å². The highest BCUT2D eigenvalue weighted by Gasteiger charge is 2.27. The molecule has 1 atom stereocenters. The van der Waals surface area contributed by atoms with Crippen LogP contribution in [0.25, 0.3) is 0 Å². The molecule has 0 saturated heterocycles. The fraction of sp³-hybridized carbons (Fsp3) is 0.438. The predicted molar refractivity (Wildman–Crippen MR) is 83.4 cm³/mol. The van der Waals surface area contributed by atoms with E-state index in [-0.39, 0.29) is 0 Å². The highest BCUT2D eigenvalue weighted by molar-refractivity contribution is 5.75. The lowest BCUT2D eigenvalue weighted by atomic mass is 9.94. The van der Waals surface area contributed by atoms with Crippen LogP contribution in [0.15, 0.2) is 24.3 Å². The number of aryl methyl sites for hydroxylation is 2. The Bertz CT molecular complexity index is 629. The van der Waals surface area contributed by atoms with E-state index in [0.29, 0.717) is 5.92 Å². The third-order valence-corrected chi connectivity index (χ3v) is 4.05. The van der Waals surface area contributed by atoms with E-state index in [2.05, 4.69) is 48.1 Å². The Morgan fingerprint density at radius 2 is 2.10 bits per heavy atom. The molecule has 0 radical (unpaired) electrons. The molecule has 0 bridgehead atoms. The summed E-state index contributed by atoms with van der Waals surface area (Å²) in [5, 5.41) is 4.55. The van der Waals surface area contributed by atoms with Crippen LogP contribution in [0.4, 0.5) is 17.2 Å². The summed E-state index contributed by atoms with van der Waals surface area (Å²) in [5.41, 5.74) is 10.7. The van der Waals surface area contributed by atoms with Gasteiger partial charge in [0.1, 0.15) is 0 Å². The average molecular weight is 270 g/mol. The molecule has 1 unspecified atom stereocenters. The molecule has 3 rings (SSSR count). The number of aromatic nitrogens is 2. The SMILES string of the molecule is CCn1nc(C)c(N)c1N1CC(C)Cc2ccccc21. The molecule has 2 aromatic rings. The number of rotatable bonds is 2. The molecule has 0 aliphatic carbocycles. The standard InChI is InChI=1S/C16H22N4/c1-4-20-16(15(17)12(3)18-20)19-10-11(2)9-13-7-5-6-8-14(13)19/h5-8,11H,4,9-10,17H2,1-3H3. The molecule has 1 aromatic carbocycles. The van der Waals surface area contributed by atoms with Crippen molar-refractivity contribution < 1.29 is 0 Å². The molecule has 106 valence electrons. The maximum absolute atomic E-state index is 6.29. The van der Waals surface area contributed by atoms with E-state index in [9.17, 15) is 0 Å². The van der Waals surface area contributed by atoms with Gasteiger partial charge in [0.2, 0.25) is 0 Å². The number of hydrogen-bond donors (Lipinski definition) is 1. The maximum Gasteiger partial charge on any atom is 0.155 e. The van der Waals surface area contributed by atoms with Crippen LogP contribution < -0.4 is 10.6 Å². The van der Waals surface area contributed by atoms with Gasteiger partial charge in [-0.05, 0) is 37.8 Å². The summed E-state index contributed by atoms with van der Waals surface area (Å²) in [6.07, 6.45) is 1.13. The van der Waals surface area contributed by atoms with Gasteiger partial charge in [-0.3, -0.25) is 0 Å². The molecule has 0 fully saturated rings. The van der Waals surface area contributed by atoms with Crippen LogP contribution in [0, 0.1) is 12.8 Å². The van der Waals surface area contributed by atoms with E-state index in [0.717, 1.165) is 36.7 Å². The summed E-state index contributed by atoms with van der Waals surface area (Å²) in [6.45, 7) is 8.20. The largest absolute Gasteiger partial charge is 0.394 e. The third-order valence-electron chi connectivity index (χ3n) is 4.05. The molecular weight excluding hydrogens is 248 g/mol. The van der Waals surface area contributed by atoms with Crippen molar-refractivity contribution in [3.63, 3.8) is 0 Å². The Hall–Kier alpha value is -1.97. The molecule has 0 saturated carbocycles. The summed E-state index contributed by atoms with van der Waals surface area (Å²) in [6, 6.07) is 8.61. The van der Waals surface area contributed by atoms with Gasteiger partial charge in [0.25, 0.3) is 0 Å². The number of hydrogen-bond acceptors (Lipinski definition) is 3. The van der Waals surface area contributed by atoms with E-state index in [1.54, 1.807) is 0 Å². The summed E-state index contributed by atoms with van der Waals surface area (Å²) < 4.78 is 2.01. The minimum absolute atomic E-state index is 0.616. The quantitative estimate of drug-likeness (QED) is 0.912. The number of para-hydroxylation sites is 1. The second-order valence-corrected chi connectivity index (χ2v) is 5.69. The first-order chi connectivity index (χ1) is 9.61. The van der Waals surface area contributed by atoms with Gasteiger partial charge in [0, 0.05) is 18.8 Å². The Balaban J connectivity index is 2.15. The molecule has 1 aliphatic heterocycles. The molecule has 0 spiro atoms. The molecule has 2 heterocycles. The minimum Gasteiger partial charge on any atom is -0.394 e. The van der Waals surface area contributed by atoms with Crippen molar-refractivity contribution in [1.29, 1.82) is 0 Å². The van der Waals surface area contributed by atoms with Crippen LogP contribution >= 0.6 is 0 Å². The zero-order valence-electron chi connectivity index (χ0n) is 12.4. The van der Waals surface area contributed by atoms with Crippen molar-refractivity contribution in [2.75, 3.05) is 17.2 Å². The minimum atomic E-state index is 0.616. The Morgan fingerprint density at radius 1 is 1.35 bits per heavy atom. The van der Waals surface area contributed by atoms with Crippen LogP contribution in [0.3, 0.4) is 0 Å². The van der Waals surface area contributed by atoms with Crippen molar-refractivity contribution in [2.45, 2.75) is 33.7 Å². The first kappa shape index (κ1) is 13.0. The van der Waals surface area contributed by atoms with Gasteiger partial charge in [0.15, 0.2) is 5.82 Å². The lowest BCUT2D eigenvalue weighted by molar-refractivity contribution is 0.547. The van der Waals surface area contributed by atoms with Crippen molar-refractivity contribution in [3.05, 3.63) is 35.5 Å². The number of anilines is 3. The zero-order valence-corrected chi connectivity index (χ0v) is 12.4. The number of nitrogens with zero attached hydrogens (tertiary/aromatic N) is 3. The molecule has 1 aliphatic rings. The van der Waals surface area contributed by atoms with Gasteiger partial charge in [-0.25, -0.2) is 4.68 Å². The monoisotopic (exact) mass is 270 g/mol. The van der Waals surface area contributed by atoms with Crippen LogP contribution in [-0.4, -0.2) is 16.3 Å². The lowest BCUT2D eigenvalue weighted by Gasteiger charge is -2.35. The van der Waals surface area contributed by atoms with Gasteiger partial charge in [0.05, 0.1) is 11.4 Å². The molecule has 2 N–H and O–H groups in total. The highest BCUT2D eigenvalue weighted by Crippen LogP contribution is 2.38. The normalized spacial score (nSPS) is 18.1. The van der Waals surface area contributed by atoms with Crippen molar-refractivity contribution >= 4 is 17.2 Å². The van der Waals surface area contributed by atoms with Crippen LogP contribution in [0.1, 0.15) is 25.1 Å². The first-order valence-corrected chi connectivity index (χ1v) is 7.30. The first-order valence-electron chi connectivity index (χ1n) is 7.30. The molecule has 1 aromatic heterocycles. The molecule has 4 heteroatoms. The Kier molecular flexibility index (Phi) is 3.16. The number of nitrogens with two attached hydrogens (primary N) is 1. The van der Waals surface area contributed by atoms with Gasteiger partial charge >= 0.3 is 0 Å². The van der Waals surface area contributed by atoms with Crippen molar-refractivity contribution in [1.82, 2.24) is 9.78 Å². The highest BCUT2D eigenvalue weighted by atomic mass is 15.4. The average Bonchev–Trinajstić information content (AvgIpc) is 2.73. The van der Waals surface area contributed by atoms with Crippen molar-refractivity contribution in [3.8, 4) is 0 Å².